The number of hydrogen-bond donors (Lipinski definition) is 0. The Morgan fingerprint density at radius 1 is 1.24 bits per heavy atom. The van der Waals surface area contributed by atoms with Gasteiger partial charge in [0.2, 0.25) is 0 Å². The maximum absolute atomic E-state index is 6.29. The van der Waals surface area contributed by atoms with Gasteiger partial charge in [-0.05, 0) is 24.8 Å². The Labute approximate surface area is 136 Å². The van der Waals surface area contributed by atoms with E-state index in [1.165, 1.54) is 12.8 Å². The van der Waals surface area contributed by atoms with Gasteiger partial charge >= 0.3 is 0 Å². The van der Waals surface area contributed by atoms with Crippen molar-refractivity contribution in [1.29, 1.82) is 0 Å². The van der Waals surface area contributed by atoms with E-state index >= 15 is 0 Å². The fraction of sp³-hybridized carbons (Fsp3) is 0.667. The molecule has 0 spiro atoms. The van der Waals surface area contributed by atoms with Gasteiger partial charge in [0.05, 0.1) is 23.3 Å². The lowest BCUT2D eigenvalue weighted by Crippen LogP contribution is -2.44. The number of nitrogens with zero attached hydrogens (tertiary/aromatic N) is 3. The van der Waals surface area contributed by atoms with Crippen molar-refractivity contribution in [3.63, 3.8) is 0 Å². The second-order valence-corrected chi connectivity index (χ2v) is 6.67. The van der Waals surface area contributed by atoms with Gasteiger partial charge in [-0.2, -0.15) is 0 Å². The first-order chi connectivity index (χ1) is 10.2. The molecule has 0 amide bonds. The Bertz CT molecular complexity index is 480. The Morgan fingerprint density at radius 3 is 2.81 bits per heavy atom. The van der Waals surface area contributed by atoms with E-state index in [9.17, 15) is 0 Å². The van der Waals surface area contributed by atoms with Crippen molar-refractivity contribution in [3.05, 3.63) is 22.3 Å². The van der Waals surface area contributed by atoms with Crippen LogP contribution >= 0.6 is 23.2 Å². The SMILES string of the molecule is Clc1cnc(N2CCC[C@@H](CN3CCOCC3)C2)c(Cl)c1. The molecule has 4 nitrogen and oxygen atoms in total. The zero-order valence-electron chi connectivity index (χ0n) is 12.1. The molecular weight excluding hydrogens is 309 g/mol. The Hall–Kier alpha value is -0.550. The second-order valence-electron chi connectivity index (χ2n) is 5.83. The number of pyridine rings is 1. The molecule has 1 atom stereocenters. The fourth-order valence-electron chi connectivity index (χ4n) is 3.20. The van der Waals surface area contributed by atoms with Crippen molar-refractivity contribution >= 4 is 29.0 Å². The summed E-state index contributed by atoms with van der Waals surface area (Å²) in [6.45, 7) is 7.01. The number of anilines is 1. The lowest BCUT2D eigenvalue weighted by molar-refractivity contribution is 0.0296. The minimum Gasteiger partial charge on any atom is -0.379 e. The average molecular weight is 330 g/mol. The third-order valence-corrected chi connectivity index (χ3v) is 4.71. The number of aromatic nitrogens is 1. The van der Waals surface area contributed by atoms with Crippen LogP contribution < -0.4 is 4.90 Å². The standard InChI is InChI=1S/C15H21Cl2N3O/c16-13-8-14(17)15(18-9-13)20-3-1-2-12(11-20)10-19-4-6-21-7-5-19/h8-9,12H,1-7,10-11H2/t12-/m0/s1. The highest BCUT2D eigenvalue weighted by atomic mass is 35.5. The second kappa shape index (κ2) is 7.14. The van der Waals surface area contributed by atoms with E-state index in [-0.39, 0.29) is 0 Å². The van der Waals surface area contributed by atoms with E-state index in [0.717, 1.165) is 51.8 Å². The van der Waals surface area contributed by atoms with E-state index in [2.05, 4.69) is 14.8 Å². The normalized spacial score (nSPS) is 24.3. The Balaban J connectivity index is 1.62. The summed E-state index contributed by atoms with van der Waals surface area (Å²) >= 11 is 12.2. The van der Waals surface area contributed by atoms with Crippen LogP contribution in [0.3, 0.4) is 0 Å². The molecule has 0 unspecified atom stereocenters. The summed E-state index contributed by atoms with van der Waals surface area (Å²) in [5.74, 6) is 1.54. The number of rotatable bonds is 3. The van der Waals surface area contributed by atoms with Gasteiger partial charge in [0, 0.05) is 38.9 Å². The third-order valence-electron chi connectivity index (χ3n) is 4.23. The Kier molecular flexibility index (Phi) is 5.22. The van der Waals surface area contributed by atoms with Gasteiger partial charge in [-0.3, -0.25) is 4.90 Å². The van der Waals surface area contributed by atoms with E-state index < -0.39 is 0 Å². The van der Waals surface area contributed by atoms with Crippen LogP contribution in [0.4, 0.5) is 5.82 Å². The molecule has 116 valence electrons. The number of piperidine rings is 1. The molecule has 3 heterocycles. The van der Waals surface area contributed by atoms with Crippen LogP contribution in [0, 0.1) is 5.92 Å². The summed E-state index contributed by atoms with van der Waals surface area (Å²) in [5.41, 5.74) is 0. The minimum atomic E-state index is 0.589. The lowest BCUT2D eigenvalue weighted by Gasteiger charge is -2.37. The predicted molar refractivity (Wildman–Crippen MR) is 86.5 cm³/mol. The molecular formula is C15H21Cl2N3O. The summed E-state index contributed by atoms with van der Waals surface area (Å²) in [7, 11) is 0. The molecule has 0 aromatic carbocycles. The van der Waals surface area contributed by atoms with Crippen molar-refractivity contribution in [1.82, 2.24) is 9.88 Å². The molecule has 0 saturated carbocycles. The minimum absolute atomic E-state index is 0.589. The van der Waals surface area contributed by atoms with Crippen LogP contribution in [0.15, 0.2) is 12.3 Å². The number of morpholine rings is 1. The molecule has 1 aromatic rings. The van der Waals surface area contributed by atoms with Gasteiger partial charge < -0.3 is 9.64 Å². The number of halogens is 2. The molecule has 0 N–H and O–H groups in total. The first-order valence-corrected chi connectivity index (χ1v) is 8.34. The smallest absolute Gasteiger partial charge is 0.147 e. The van der Waals surface area contributed by atoms with Crippen LogP contribution in [-0.2, 0) is 4.74 Å². The summed E-state index contributed by atoms with van der Waals surface area (Å²) in [6, 6.07) is 1.77. The largest absolute Gasteiger partial charge is 0.379 e. The van der Waals surface area contributed by atoms with Crippen LogP contribution in [0.1, 0.15) is 12.8 Å². The topological polar surface area (TPSA) is 28.6 Å². The number of ether oxygens (including phenoxy) is 1. The van der Waals surface area contributed by atoms with Crippen molar-refractivity contribution in [2.75, 3.05) is 50.8 Å². The zero-order chi connectivity index (χ0) is 14.7. The van der Waals surface area contributed by atoms with E-state index in [0.29, 0.717) is 16.0 Å². The first kappa shape index (κ1) is 15.3. The summed E-state index contributed by atoms with van der Waals surface area (Å²) < 4.78 is 5.41. The molecule has 2 saturated heterocycles. The fourth-order valence-corrected chi connectivity index (χ4v) is 3.70. The molecule has 1 aromatic heterocycles. The van der Waals surface area contributed by atoms with Crippen molar-refractivity contribution < 1.29 is 4.74 Å². The summed E-state index contributed by atoms with van der Waals surface area (Å²) in [4.78, 5) is 9.22. The lowest BCUT2D eigenvalue weighted by atomic mass is 9.97. The summed E-state index contributed by atoms with van der Waals surface area (Å²) in [6.07, 6.45) is 4.14. The molecule has 2 aliphatic heterocycles. The summed E-state index contributed by atoms with van der Waals surface area (Å²) in [5, 5.41) is 1.24. The van der Waals surface area contributed by atoms with Crippen LogP contribution in [0.25, 0.3) is 0 Å². The molecule has 3 rings (SSSR count). The maximum atomic E-state index is 6.29. The van der Waals surface area contributed by atoms with Gasteiger partial charge in [0.15, 0.2) is 0 Å². The van der Waals surface area contributed by atoms with E-state index in [1.807, 2.05) is 0 Å². The monoisotopic (exact) mass is 329 g/mol. The molecule has 6 heteroatoms. The Morgan fingerprint density at radius 2 is 2.05 bits per heavy atom. The van der Waals surface area contributed by atoms with Crippen LogP contribution in [-0.4, -0.2) is 55.8 Å². The van der Waals surface area contributed by atoms with Gasteiger partial charge in [0.25, 0.3) is 0 Å². The number of hydrogen-bond acceptors (Lipinski definition) is 4. The molecule has 21 heavy (non-hydrogen) atoms. The van der Waals surface area contributed by atoms with E-state index in [1.54, 1.807) is 12.3 Å². The third kappa shape index (κ3) is 4.01. The van der Waals surface area contributed by atoms with Crippen molar-refractivity contribution in [3.8, 4) is 0 Å². The van der Waals surface area contributed by atoms with Crippen LogP contribution in [0.5, 0.6) is 0 Å². The maximum Gasteiger partial charge on any atom is 0.147 e. The molecule has 0 radical (unpaired) electrons. The highest BCUT2D eigenvalue weighted by Crippen LogP contribution is 2.29. The van der Waals surface area contributed by atoms with Gasteiger partial charge in [0.1, 0.15) is 5.82 Å². The first-order valence-electron chi connectivity index (χ1n) is 7.58. The average Bonchev–Trinajstić information content (AvgIpc) is 2.48. The van der Waals surface area contributed by atoms with Gasteiger partial charge in [-0.25, -0.2) is 4.98 Å². The van der Waals surface area contributed by atoms with E-state index in [4.69, 9.17) is 27.9 Å². The molecule has 0 aliphatic carbocycles. The highest BCUT2D eigenvalue weighted by Gasteiger charge is 2.25. The van der Waals surface area contributed by atoms with Crippen molar-refractivity contribution in [2.45, 2.75) is 12.8 Å². The zero-order valence-corrected chi connectivity index (χ0v) is 13.6. The van der Waals surface area contributed by atoms with Gasteiger partial charge in [-0.1, -0.05) is 23.2 Å². The van der Waals surface area contributed by atoms with Crippen molar-refractivity contribution in [2.24, 2.45) is 5.92 Å². The van der Waals surface area contributed by atoms with Gasteiger partial charge in [-0.15, -0.1) is 0 Å². The quantitative estimate of drug-likeness (QED) is 0.852. The molecule has 0 bridgehead atoms. The van der Waals surface area contributed by atoms with Crippen LogP contribution in [0.2, 0.25) is 10.0 Å². The predicted octanol–water partition coefficient (Wildman–Crippen LogP) is 2.94. The molecule has 2 aliphatic rings. The molecule has 2 fully saturated rings. The highest BCUT2D eigenvalue weighted by molar-refractivity contribution is 6.36.